The van der Waals surface area contributed by atoms with E-state index < -0.39 is 16.5 Å². The second-order valence-corrected chi connectivity index (χ2v) is 6.87. The number of non-ortho nitro benzene ring substituents is 1. The van der Waals surface area contributed by atoms with E-state index in [1.165, 1.54) is 36.1 Å². The summed E-state index contributed by atoms with van der Waals surface area (Å²) in [5.41, 5.74) is -0.237. The fourth-order valence-electron chi connectivity index (χ4n) is 3.29. The standard InChI is InChI=1S/C21H28N2O6/c1-4-6-7-8-9-10-13-22-18-14-16(23(26)27)11-12-17(18)19(28-5-2)20(21(22)25)29-15(3)24/h11-12,14H,4-10,13H2,1-3H3. The van der Waals surface area contributed by atoms with Crippen LogP contribution in [0.5, 0.6) is 11.5 Å². The number of esters is 1. The number of hydrogen-bond donors (Lipinski definition) is 0. The minimum atomic E-state index is -0.629. The summed E-state index contributed by atoms with van der Waals surface area (Å²) in [6.07, 6.45) is 6.22. The molecular formula is C21H28N2O6. The van der Waals surface area contributed by atoms with Gasteiger partial charge in [0.15, 0.2) is 5.75 Å². The molecule has 0 amide bonds. The van der Waals surface area contributed by atoms with Crippen molar-refractivity contribution in [2.24, 2.45) is 0 Å². The number of nitro benzene ring substituents is 1. The third-order valence-corrected chi connectivity index (χ3v) is 4.64. The number of carbonyl (C=O) groups excluding carboxylic acids is 1. The number of pyridine rings is 1. The first-order valence-corrected chi connectivity index (χ1v) is 10.1. The van der Waals surface area contributed by atoms with Crippen molar-refractivity contribution in [1.29, 1.82) is 0 Å². The molecule has 0 saturated heterocycles. The number of nitro groups is 1. The molecule has 0 N–H and O–H groups in total. The second kappa shape index (κ2) is 10.6. The van der Waals surface area contributed by atoms with Crippen molar-refractivity contribution in [1.82, 2.24) is 4.57 Å². The molecule has 2 aromatic rings. The first-order valence-electron chi connectivity index (χ1n) is 10.1. The molecule has 0 bridgehead atoms. The lowest BCUT2D eigenvalue weighted by Gasteiger charge is -2.17. The molecule has 0 spiro atoms. The fourth-order valence-corrected chi connectivity index (χ4v) is 3.29. The molecule has 0 radical (unpaired) electrons. The van der Waals surface area contributed by atoms with Crippen molar-refractivity contribution in [3.8, 4) is 11.5 Å². The molecule has 1 aromatic carbocycles. The summed E-state index contributed by atoms with van der Waals surface area (Å²) in [4.78, 5) is 35.4. The third kappa shape index (κ3) is 5.56. The lowest BCUT2D eigenvalue weighted by Crippen LogP contribution is -2.25. The average molecular weight is 404 g/mol. The van der Waals surface area contributed by atoms with E-state index in [1.807, 2.05) is 0 Å². The topological polar surface area (TPSA) is 101 Å². The third-order valence-electron chi connectivity index (χ3n) is 4.64. The van der Waals surface area contributed by atoms with Crippen LogP contribution in [0.2, 0.25) is 0 Å². The van der Waals surface area contributed by atoms with Crippen LogP contribution in [0.25, 0.3) is 10.9 Å². The molecule has 8 heteroatoms. The molecule has 0 unspecified atom stereocenters. The molecular weight excluding hydrogens is 376 g/mol. The number of hydrogen-bond acceptors (Lipinski definition) is 6. The zero-order valence-corrected chi connectivity index (χ0v) is 17.2. The second-order valence-electron chi connectivity index (χ2n) is 6.87. The summed E-state index contributed by atoms with van der Waals surface area (Å²) in [6.45, 7) is 5.74. The molecule has 0 aliphatic carbocycles. The lowest BCUT2D eigenvalue weighted by molar-refractivity contribution is -0.384. The van der Waals surface area contributed by atoms with Gasteiger partial charge in [-0.05, 0) is 19.4 Å². The van der Waals surface area contributed by atoms with Crippen molar-refractivity contribution in [3.05, 3.63) is 38.7 Å². The molecule has 0 saturated carbocycles. The van der Waals surface area contributed by atoms with E-state index >= 15 is 0 Å². The van der Waals surface area contributed by atoms with Gasteiger partial charge in [-0.3, -0.25) is 19.7 Å². The fraction of sp³-hybridized carbons (Fsp3) is 0.524. The Bertz CT molecular complexity index is 935. The van der Waals surface area contributed by atoms with Crippen molar-refractivity contribution in [2.75, 3.05) is 6.61 Å². The summed E-state index contributed by atoms with van der Waals surface area (Å²) < 4.78 is 12.2. The van der Waals surface area contributed by atoms with Gasteiger partial charge in [0.2, 0.25) is 5.75 Å². The zero-order chi connectivity index (χ0) is 21.4. The van der Waals surface area contributed by atoms with Gasteiger partial charge < -0.3 is 14.0 Å². The molecule has 29 heavy (non-hydrogen) atoms. The van der Waals surface area contributed by atoms with Crippen LogP contribution in [-0.4, -0.2) is 22.1 Å². The number of ether oxygens (including phenoxy) is 2. The van der Waals surface area contributed by atoms with Gasteiger partial charge in [-0.1, -0.05) is 39.0 Å². The monoisotopic (exact) mass is 404 g/mol. The number of benzene rings is 1. The molecule has 0 atom stereocenters. The first-order chi connectivity index (χ1) is 13.9. The Hall–Kier alpha value is -2.90. The largest absolute Gasteiger partial charge is 0.489 e. The van der Waals surface area contributed by atoms with Crippen LogP contribution in [-0.2, 0) is 11.3 Å². The van der Waals surface area contributed by atoms with E-state index in [4.69, 9.17) is 9.47 Å². The number of fused-ring (bicyclic) bond motifs is 1. The van der Waals surface area contributed by atoms with E-state index in [9.17, 15) is 19.7 Å². The summed E-state index contributed by atoms with van der Waals surface area (Å²) in [5.74, 6) is -0.668. The van der Waals surface area contributed by atoms with Gasteiger partial charge in [-0.15, -0.1) is 0 Å². The van der Waals surface area contributed by atoms with Crippen molar-refractivity contribution in [2.45, 2.75) is 65.8 Å². The van der Waals surface area contributed by atoms with Crippen molar-refractivity contribution < 1.29 is 19.2 Å². The Balaban J connectivity index is 2.55. The van der Waals surface area contributed by atoms with Crippen molar-refractivity contribution >= 4 is 22.6 Å². The maximum absolute atomic E-state index is 13.1. The highest BCUT2D eigenvalue weighted by molar-refractivity contribution is 5.90. The van der Waals surface area contributed by atoms with Crippen LogP contribution < -0.4 is 15.0 Å². The highest BCUT2D eigenvalue weighted by Gasteiger charge is 2.22. The molecule has 8 nitrogen and oxygen atoms in total. The smallest absolute Gasteiger partial charge is 0.308 e. The SMILES string of the molecule is CCCCCCCCn1c(=O)c(OC(C)=O)c(OCC)c2ccc([N+](=O)[O-])cc21. The molecule has 0 aliphatic heterocycles. The van der Waals surface area contributed by atoms with Gasteiger partial charge in [0, 0.05) is 31.0 Å². The zero-order valence-electron chi connectivity index (χ0n) is 17.2. The highest BCUT2D eigenvalue weighted by Crippen LogP contribution is 2.35. The molecule has 0 aliphatic rings. The normalized spacial score (nSPS) is 10.9. The van der Waals surface area contributed by atoms with E-state index in [0.717, 1.165) is 32.1 Å². The maximum Gasteiger partial charge on any atom is 0.308 e. The Morgan fingerprint density at radius 1 is 1.10 bits per heavy atom. The average Bonchev–Trinajstić information content (AvgIpc) is 2.68. The van der Waals surface area contributed by atoms with Crippen molar-refractivity contribution in [3.63, 3.8) is 0 Å². The number of aryl methyl sites for hydroxylation is 1. The van der Waals surface area contributed by atoms with Gasteiger partial charge >= 0.3 is 5.97 Å². The summed E-state index contributed by atoms with van der Waals surface area (Å²) in [5, 5.41) is 11.7. The molecule has 2 rings (SSSR count). The summed E-state index contributed by atoms with van der Waals surface area (Å²) >= 11 is 0. The van der Waals surface area contributed by atoms with E-state index in [0.29, 0.717) is 17.4 Å². The highest BCUT2D eigenvalue weighted by atomic mass is 16.6. The molecule has 0 fully saturated rings. The number of aromatic nitrogens is 1. The van der Waals surface area contributed by atoms with Gasteiger partial charge in [-0.25, -0.2) is 0 Å². The Morgan fingerprint density at radius 2 is 1.79 bits per heavy atom. The minimum absolute atomic E-state index is 0.115. The van der Waals surface area contributed by atoms with Crippen LogP contribution in [0.15, 0.2) is 23.0 Å². The number of carbonyl (C=O) groups is 1. The van der Waals surface area contributed by atoms with Gasteiger partial charge in [0.05, 0.1) is 17.0 Å². The quantitative estimate of drug-likeness (QED) is 0.235. The van der Waals surface area contributed by atoms with Gasteiger partial charge in [-0.2, -0.15) is 0 Å². The van der Waals surface area contributed by atoms with E-state index in [-0.39, 0.29) is 23.8 Å². The van der Waals surface area contributed by atoms with Gasteiger partial charge in [0.1, 0.15) is 0 Å². The molecule has 1 heterocycles. The molecule has 158 valence electrons. The Morgan fingerprint density at radius 3 is 2.41 bits per heavy atom. The molecule has 1 aromatic heterocycles. The van der Waals surface area contributed by atoms with Crippen LogP contribution in [0.3, 0.4) is 0 Å². The minimum Gasteiger partial charge on any atom is -0.489 e. The number of nitrogens with zero attached hydrogens (tertiary/aromatic N) is 2. The van der Waals surface area contributed by atoms with E-state index in [1.54, 1.807) is 6.92 Å². The van der Waals surface area contributed by atoms with Crippen LogP contribution in [0.1, 0.15) is 59.3 Å². The van der Waals surface area contributed by atoms with Crippen LogP contribution in [0, 0.1) is 10.1 Å². The maximum atomic E-state index is 13.1. The van der Waals surface area contributed by atoms with Crippen LogP contribution >= 0.6 is 0 Å². The predicted octanol–water partition coefficient (Wildman–Crippen LogP) is 4.59. The van der Waals surface area contributed by atoms with E-state index in [2.05, 4.69) is 6.92 Å². The number of unbranched alkanes of at least 4 members (excludes halogenated alkanes) is 5. The summed E-state index contributed by atoms with van der Waals surface area (Å²) in [6, 6.07) is 4.25. The summed E-state index contributed by atoms with van der Waals surface area (Å²) in [7, 11) is 0. The first kappa shape index (κ1) is 22.4. The predicted molar refractivity (Wildman–Crippen MR) is 111 cm³/mol. The Labute approximate surface area is 169 Å². The lowest BCUT2D eigenvalue weighted by atomic mass is 10.1. The van der Waals surface area contributed by atoms with Crippen LogP contribution in [0.4, 0.5) is 5.69 Å². The Kier molecular flexibility index (Phi) is 8.18. The van der Waals surface area contributed by atoms with Gasteiger partial charge in [0.25, 0.3) is 11.2 Å². The number of rotatable bonds is 11.